The zero-order valence-electron chi connectivity index (χ0n) is 14.1. The maximum absolute atomic E-state index is 12.2. The van der Waals surface area contributed by atoms with Gasteiger partial charge in [0.15, 0.2) is 0 Å². The van der Waals surface area contributed by atoms with Gasteiger partial charge in [0.1, 0.15) is 21.6 Å². The van der Waals surface area contributed by atoms with E-state index in [2.05, 4.69) is 4.98 Å². The Morgan fingerprint density at radius 1 is 1.38 bits per heavy atom. The SMILES string of the molecule is CC(C)(C)OC(=O)N(CCS(C)(=O)=O)Cc1ccc([N+](=O)[O-])cn1. The molecule has 9 nitrogen and oxygen atoms in total. The molecular weight excluding hydrogens is 338 g/mol. The molecule has 0 unspecified atom stereocenters. The van der Waals surface area contributed by atoms with Crippen LogP contribution in [0.2, 0.25) is 0 Å². The van der Waals surface area contributed by atoms with Gasteiger partial charge in [-0.1, -0.05) is 0 Å². The van der Waals surface area contributed by atoms with Gasteiger partial charge >= 0.3 is 6.09 Å². The van der Waals surface area contributed by atoms with Gasteiger partial charge < -0.3 is 9.64 Å². The average Bonchev–Trinajstić information content (AvgIpc) is 2.40. The number of carbonyl (C=O) groups is 1. The van der Waals surface area contributed by atoms with Crippen LogP contribution in [-0.4, -0.2) is 53.5 Å². The molecule has 0 atom stereocenters. The summed E-state index contributed by atoms with van der Waals surface area (Å²) >= 11 is 0. The van der Waals surface area contributed by atoms with E-state index in [1.54, 1.807) is 20.8 Å². The molecule has 0 aliphatic rings. The molecule has 1 amide bonds. The Labute approximate surface area is 140 Å². The van der Waals surface area contributed by atoms with Crippen molar-refractivity contribution in [2.24, 2.45) is 0 Å². The zero-order valence-corrected chi connectivity index (χ0v) is 14.9. The van der Waals surface area contributed by atoms with E-state index >= 15 is 0 Å². The summed E-state index contributed by atoms with van der Waals surface area (Å²) in [6, 6.07) is 2.68. The number of nitro groups is 1. The Bertz CT molecular complexity index is 694. The second-order valence-corrected chi connectivity index (χ2v) is 8.56. The molecule has 24 heavy (non-hydrogen) atoms. The lowest BCUT2D eigenvalue weighted by Gasteiger charge is -2.27. The van der Waals surface area contributed by atoms with Gasteiger partial charge in [0, 0.05) is 18.9 Å². The Hall–Kier alpha value is -2.23. The minimum atomic E-state index is -3.27. The summed E-state index contributed by atoms with van der Waals surface area (Å²) in [6.07, 6.45) is 1.48. The number of nitrogens with zero attached hydrogens (tertiary/aromatic N) is 3. The first kappa shape index (κ1) is 19.8. The van der Waals surface area contributed by atoms with Crippen LogP contribution in [0, 0.1) is 10.1 Å². The molecule has 1 heterocycles. The largest absolute Gasteiger partial charge is 0.444 e. The van der Waals surface area contributed by atoms with E-state index < -0.39 is 26.5 Å². The van der Waals surface area contributed by atoms with E-state index in [4.69, 9.17) is 4.74 Å². The fourth-order valence-electron chi connectivity index (χ4n) is 1.65. The van der Waals surface area contributed by atoms with Crippen molar-refractivity contribution in [3.8, 4) is 0 Å². The van der Waals surface area contributed by atoms with Gasteiger partial charge in [0.25, 0.3) is 5.69 Å². The predicted octanol–water partition coefficient (Wildman–Crippen LogP) is 1.77. The quantitative estimate of drug-likeness (QED) is 0.560. The van der Waals surface area contributed by atoms with Crippen LogP contribution in [0.25, 0.3) is 0 Å². The highest BCUT2D eigenvalue weighted by molar-refractivity contribution is 7.90. The number of hydrogen-bond donors (Lipinski definition) is 0. The number of carbonyl (C=O) groups excluding carboxylic acids is 1. The van der Waals surface area contributed by atoms with Crippen LogP contribution in [0.3, 0.4) is 0 Å². The summed E-state index contributed by atoms with van der Waals surface area (Å²) in [6.45, 7) is 5.02. The molecule has 134 valence electrons. The molecule has 0 spiro atoms. The van der Waals surface area contributed by atoms with Gasteiger partial charge in [-0.15, -0.1) is 0 Å². The van der Waals surface area contributed by atoms with Crippen molar-refractivity contribution in [3.63, 3.8) is 0 Å². The van der Waals surface area contributed by atoms with Crippen LogP contribution in [0.4, 0.5) is 10.5 Å². The van der Waals surface area contributed by atoms with Crippen molar-refractivity contribution in [1.29, 1.82) is 0 Å². The van der Waals surface area contributed by atoms with Crippen molar-refractivity contribution >= 4 is 21.6 Å². The van der Waals surface area contributed by atoms with E-state index in [0.29, 0.717) is 5.69 Å². The number of sulfone groups is 1. The normalized spacial score (nSPS) is 11.8. The van der Waals surface area contributed by atoms with Crippen molar-refractivity contribution in [3.05, 3.63) is 34.1 Å². The highest BCUT2D eigenvalue weighted by Crippen LogP contribution is 2.14. The molecule has 0 radical (unpaired) electrons. The maximum atomic E-state index is 12.2. The summed E-state index contributed by atoms with van der Waals surface area (Å²) in [4.78, 5) is 27.4. The van der Waals surface area contributed by atoms with E-state index in [-0.39, 0.29) is 24.5 Å². The predicted molar refractivity (Wildman–Crippen MR) is 87.2 cm³/mol. The summed E-state index contributed by atoms with van der Waals surface area (Å²) in [5, 5.41) is 10.6. The molecular formula is C14H21N3O6S. The highest BCUT2D eigenvalue weighted by atomic mass is 32.2. The number of hydrogen-bond acceptors (Lipinski definition) is 7. The minimum Gasteiger partial charge on any atom is -0.444 e. The van der Waals surface area contributed by atoms with Crippen LogP contribution in [0.5, 0.6) is 0 Å². The molecule has 0 aliphatic carbocycles. The summed E-state index contributed by atoms with van der Waals surface area (Å²) in [7, 11) is -3.27. The van der Waals surface area contributed by atoms with Gasteiger partial charge in [0.2, 0.25) is 0 Å². The zero-order chi connectivity index (χ0) is 18.5. The van der Waals surface area contributed by atoms with E-state index in [1.807, 2.05) is 0 Å². The Morgan fingerprint density at radius 2 is 2.00 bits per heavy atom. The lowest BCUT2D eigenvalue weighted by Crippen LogP contribution is -2.39. The molecule has 0 saturated carbocycles. The molecule has 1 aromatic heterocycles. The number of aromatic nitrogens is 1. The number of pyridine rings is 1. The monoisotopic (exact) mass is 359 g/mol. The smallest absolute Gasteiger partial charge is 0.410 e. The lowest BCUT2D eigenvalue weighted by atomic mass is 10.2. The van der Waals surface area contributed by atoms with Crippen LogP contribution in [0.1, 0.15) is 26.5 Å². The lowest BCUT2D eigenvalue weighted by molar-refractivity contribution is -0.385. The fraction of sp³-hybridized carbons (Fsp3) is 0.571. The first-order valence-corrected chi connectivity index (χ1v) is 9.18. The molecule has 1 aromatic rings. The van der Waals surface area contributed by atoms with Crippen molar-refractivity contribution in [2.45, 2.75) is 32.9 Å². The highest BCUT2D eigenvalue weighted by Gasteiger charge is 2.23. The Morgan fingerprint density at radius 3 is 2.42 bits per heavy atom. The number of ether oxygens (including phenoxy) is 1. The molecule has 0 bridgehead atoms. The van der Waals surface area contributed by atoms with Crippen LogP contribution >= 0.6 is 0 Å². The van der Waals surface area contributed by atoms with E-state index in [9.17, 15) is 23.3 Å². The van der Waals surface area contributed by atoms with Crippen molar-refractivity contribution in [1.82, 2.24) is 9.88 Å². The second-order valence-electron chi connectivity index (χ2n) is 6.30. The third-order valence-electron chi connectivity index (χ3n) is 2.76. The second kappa shape index (κ2) is 7.56. The fourth-order valence-corrected chi connectivity index (χ4v) is 2.20. The first-order chi connectivity index (χ1) is 10.9. The molecule has 1 rings (SSSR count). The molecule has 0 fully saturated rings. The Balaban J connectivity index is 2.91. The van der Waals surface area contributed by atoms with E-state index in [1.165, 1.54) is 17.0 Å². The average molecular weight is 359 g/mol. The van der Waals surface area contributed by atoms with Crippen LogP contribution < -0.4 is 0 Å². The molecule has 0 saturated heterocycles. The van der Waals surface area contributed by atoms with Gasteiger partial charge in [-0.25, -0.2) is 13.2 Å². The van der Waals surface area contributed by atoms with Gasteiger partial charge in [-0.3, -0.25) is 15.1 Å². The molecule has 0 N–H and O–H groups in total. The van der Waals surface area contributed by atoms with E-state index in [0.717, 1.165) is 12.5 Å². The van der Waals surface area contributed by atoms with Crippen LogP contribution in [-0.2, 0) is 21.1 Å². The van der Waals surface area contributed by atoms with Gasteiger partial charge in [-0.05, 0) is 26.8 Å². The third kappa shape index (κ3) is 7.36. The topological polar surface area (TPSA) is 120 Å². The van der Waals surface area contributed by atoms with Gasteiger partial charge in [0.05, 0.1) is 22.9 Å². The maximum Gasteiger partial charge on any atom is 0.410 e. The third-order valence-corrected chi connectivity index (χ3v) is 3.68. The summed E-state index contributed by atoms with van der Waals surface area (Å²) < 4.78 is 27.9. The molecule has 0 aromatic carbocycles. The van der Waals surface area contributed by atoms with Gasteiger partial charge in [-0.2, -0.15) is 0 Å². The van der Waals surface area contributed by atoms with Crippen molar-refractivity contribution in [2.75, 3.05) is 18.6 Å². The standard InChI is InChI=1S/C14H21N3O6S/c1-14(2,3)23-13(18)16(7-8-24(4,21)22)10-11-5-6-12(9-15-11)17(19)20/h5-6,9H,7-8,10H2,1-4H3. The van der Waals surface area contributed by atoms with Crippen LogP contribution in [0.15, 0.2) is 18.3 Å². The molecule has 0 aliphatic heterocycles. The molecule has 10 heteroatoms. The number of amides is 1. The summed E-state index contributed by atoms with van der Waals surface area (Å²) in [5.41, 5.74) is -0.512. The minimum absolute atomic E-state index is 0.0115. The number of rotatable bonds is 6. The van der Waals surface area contributed by atoms with Crippen molar-refractivity contribution < 1.29 is 22.9 Å². The summed E-state index contributed by atoms with van der Waals surface area (Å²) in [5.74, 6) is -0.223. The Kier molecular flexibility index (Phi) is 6.24. The first-order valence-electron chi connectivity index (χ1n) is 7.12.